The highest BCUT2D eigenvalue weighted by molar-refractivity contribution is 8.18. The molecule has 2 amide bonds. The van der Waals surface area contributed by atoms with Gasteiger partial charge < -0.3 is 4.42 Å². The van der Waals surface area contributed by atoms with Crippen molar-refractivity contribution in [3.63, 3.8) is 0 Å². The summed E-state index contributed by atoms with van der Waals surface area (Å²) in [4.78, 5) is 25.3. The maximum atomic E-state index is 12.0. The molecule has 0 radical (unpaired) electrons. The van der Waals surface area contributed by atoms with Gasteiger partial charge in [0.25, 0.3) is 11.1 Å². The van der Waals surface area contributed by atoms with Gasteiger partial charge in [-0.25, -0.2) is 0 Å². The van der Waals surface area contributed by atoms with Crippen molar-refractivity contribution in [2.24, 2.45) is 0 Å². The lowest BCUT2D eigenvalue weighted by molar-refractivity contribution is -0.122. The van der Waals surface area contributed by atoms with E-state index in [1.54, 1.807) is 31.2 Å². The number of halogens is 1. The predicted octanol–water partition coefficient (Wildman–Crippen LogP) is 4.66. The van der Waals surface area contributed by atoms with Gasteiger partial charge in [0.2, 0.25) is 0 Å². The van der Waals surface area contributed by atoms with E-state index < -0.39 is 0 Å². The highest BCUT2D eigenvalue weighted by Crippen LogP contribution is 2.33. The van der Waals surface area contributed by atoms with Crippen molar-refractivity contribution >= 4 is 40.6 Å². The van der Waals surface area contributed by atoms with Crippen LogP contribution in [0.15, 0.2) is 45.7 Å². The summed E-state index contributed by atoms with van der Waals surface area (Å²) in [6.07, 6.45) is 1.60. The standard InChI is InChI=1S/C16H12ClNO3S/c1-2-18-15(19)14(22-16(18)20)9-12-7-8-13(21-12)10-3-5-11(17)6-4-10/h3-9H,2H2,1H3. The van der Waals surface area contributed by atoms with E-state index in [1.807, 2.05) is 18.2 Å². The number of hydrogen-bond acceptors (Lipinski definition) is 4. The Kier molecular flexibility index (Phi) is 4.09. The molecule has 4 nitrogen and oxygen atoms in total. The largest absolute Gasteiger partial charge is 0.457 e. The van der Waals surface area contributed by atoms with Crippen LogP contribution < -0.4 is 0 Å². The maximum Gasteiger partial charge on any atom is 0.293 e. The van der Waals surface area contributed by atoms with Crippen LogP contribution in [0, 0.1) is 0 Å². The Balaban J connectivity index is 1.86. The minimum Gasteiger partial charge on any atom is -0.457 e. The van der Waals surface area contributed by atoms with Gasteiger partial charge in [-0.2, -0.15) is 0 Å². The zero-order valence-corrected chi connectivity index (χ0v) is 13.3. The number of amides is 2. The maximum absolute atomic E-state index is 12.0. The molecule has 112 valence electrons. The molecular weight excluding hydrogens is 322 g/mol. The van der Waals surface area contributed by atoms with Gasteiger partial charge in [0.1, 0.15) is 11.5 Å². The first-order valence-electron chi connectivity index (χ1n) is 6.69. The van der Waals surface area contributed by atoms with Crippen LogP contribution in [0.3, 0.4) is 0 Å². The molecule has 3 rings (SSSR count). The van der Waals surface area contributed by atoms with Crippen molar-refractivity contribution in [1.82, 2.24) is 4.90 Å². The third-order valence-corrected chi connectivity index (χ3v) is 4.38. The van der Waals surface area contributed by atoms with Gasteiger partial charge in [0, 0.05) is 23.2 Å². The second-order valence-electron chi connectivity index (χ2n) is 4.63. The first-order chi connectivity index (χ1) is 10.6. The molecule has 1 aromatic carbocycles. The first-order valence-corrected chi connectivity index (χ1v) is 7.89. The molecule has 0 aliphatic carbocycles. The molecule has 0 atom stereocenters. The fourth-order valence-corrected chi connectivity index (χ4v) is 3.11. The summed E-state index contributed by atoms with van der Waals surface area (Å²) in [6, 6.07) is 10.9. The molecule has 0 bridgehead atoms. The van der Waals surface area contributed by atoms with Gasteiger partial charge >= 0.3 is 0 Å². The summed E-state index contributed by atoms with van der Waals surface area (Å²) < 4.78 is 5.71. The summed E-state index contributed by atoms with van der Waals surface area (Å²) in [5.41, 5.74) is 0.894. The third-order valence-electron chi connectivity index (χ3n) is 3.22. The zero-order valence-electron chi connectivity index (χ0n) is 11.7. The number of carbonyl (C=O) groups is 2. The average molecular weight is 334 g/mol. The smallest absolute Gasteiger partial charge is 0.293 e. The molecular formula is C16H12ClNO3S. The van der Waals surface area contributed by atoms with E-state index in [1.165, 1.54) is 4.90 Å². The second-order valence-corrected chi connectivity index (χ2v) is 6.06. The highest BCUT2D eigenvalue weighted by atomic mass is 35.5. The minimum atomic E-state index is -0.276. The molecule has 22 heavy (non-hydrogen) atoms. The number of imide groups is 1. The van der Waals surface area contributed by atoms with Gasteiger partial charge in [0.15, 0.2) is 0 Å². The Labute approximate surface area is 136 Å². The summed E-state index contributed by atoms with van der Waals surface area (Å²) in [6.45, 7) is 2.14. The Morgan fingerprint density at radius 1 is 1.18 bits per heavy atom. The van der Waals surface area contributed by atoms with E-state index in [0.717, 1.165) is 17.3 Å². The fraction of sp³-hybridized carbons (Fsp3) is 0.125. The van der Waals surface area contributed by atoms with Crippen molar-refractivity contribution in [3.8, 4) is 11.3 Å². The summed E-state index contributed by atoms with van der Waals surface area (Å²) >= 11 is 6.79. The van der Waals surface area contributed by atoms with Crippen molar-refractivity contribution in [2.45, 2.75) is 6.92 Å². The lowest BCUT2D eigenvalue weighted by Gasteiger charge is -2.06. The summed E-state index contributed by atoms with van der Waals surface area (Å²) in [7, 11) is 0. The van der Waals surface area contributed by atoms with Crippen molar-refractivity contribution < 1.29 is 14.0 Å². The van der Waals surface area contributed by atoms with E-state index in [2.05, 4.69) is 0 Å². The molecule has 1 aliphatic rings. The Morgan fingerprint density at radius 3 is 2.55 bits per heavy atom. The van der Waals surface area contributed by atoms with Crippen LogP contribution in [0.2, 0.25) is 5.02 Å². The van der Waals surface area contributed by atoms with Crippen molar-refractivity contribution in [2.75, 3.05) is 6.54 Å². The number of hydrogen-bond donors (Lipinski definition) is 0. The van der Waals surface area contributed by atoms with E-state index in [0.29, 0.717) is 28.0 Å². The van der Waals surface area contributed by atoms with Gasteiger partial charge in [-0.1, -0.05) is 11.6 Å². The second kappa shape index (κ2) is 6.02. The molecule has 1 fully saturated rings. The van der Waals surface area contributed by atoms with Gasteiger partial charge in [-0.15, -0.1) is 0 Å². The van der Waals surface area contributed by atoms with Crippen LogP contribution in [0.1, 0.15) is 12.7 Å². The van der Waals surface area contributed by atoms with Gasteiger partial charge in [0.05, 0.1) is 4.91 Å². The number of benzene rings is 1. The quantitative estimate of drug-likeness (QED) is 0.767. The van der Waals surface area contributed by atoms with Crippen molar-refractivity contribution in [3.05, 3.63) is 52.1 Å². The molecule has 1 aliphatic heterocycles. The van der Waals surface area contributed by atoms with Crippen LogP contribution in [0.5, 0.6) is 0 Å². The van der Waals surface area contributed by atoms with Crippen LogP contribution in [-0.2, 0) is 4.79 Å². The monoisotopic (exact) mass is 333 g/mol. The molecule has 0 N–H and O–H groups in total. The molecule has 1 aromatic heterocycles. The van der Waals surface area contributed by atoms with Crippen LogP contribution >= 0.6 is 23.4 Å². The minimum absolute atomic E-state index is 0.247. The zero-order chi connectivity index (χ0) is 15.7. The number of likely N-dealkylation sites (N-methyl/N-ethyl adjacent to an activating group) is 1. The Hall–Kier alpha value is -1.98. The molecule has 2 heterocycles. The van der Waals surface area contributed by atoms with Gasteiger partial charge in [-0.05, 0) is 55.1 Å². The van der Waals surface area contributed by atoms with E-state index in [4.69, 9.17) is 16.0 Å². The Bertz CT molecular complexity index is 764. The van der Waals surface area contributed by atoms with E-state index in [9.17, 15) is 9.59 Å². The molecule has 2 aromatic rings. The number of carbonyl (C=O) groups excluding carboxylic acids is 2. The van der Waals surface area contributed by atoms with E-state index in [-0.39, 0.29) is 11.1 Å². The Morgan fingerprint density at radius 2 is 1.91 bits per heavy atom. The third kappa shape index (κ3) is 2.82. The topological polar surface area (TPSA) is 50.5 Å². The molecule has 0 spiro atoms. The number of thioether (sulfide) groups is 1. The molecule has 0 saturated carbocycles. The highest BCUT2D eigenvalue weighted by Gasteiger charge is 2.33. The fourth-order valence-electron chi connectivity index (χ4n) is 2.10. The number of rotatable bonds is 3. The average Bonchev–Trinajstić information content (AvgIpc) is 3.06. The SMILES string of the molecule is CCN1C(=O)SC(=Cc2ccc(-c3ccc(Cl)cc3)o2)C1=O. The van der Waals surface area contributed by atoms with Crippen LogP contribution in [0.25, 0.3) is 17.4 Å². The summed E-state index contributed by atoms with van der Waals surface area (Å²) in [5.74, 6) is 0.936. The lowest BCUT2D eigenvalue weighted by atomic mass is 10.2. The van der Waals surface area contributed by atoms with Crippen molar-refractivity contribution in [1.29, 1.82) is 0 Å². The molecule has 0 unspecified atom stereocenters. The first kappa shape index (κ1) is 14.9. The molecule has 6 heteroatoms. The number of furan rings is 1. The van der Waals surface area contributed by atoms with Gasteiger partial charge in [-0.3, -0.25) is 14.5 Å². The summed E-state index contributed by atoms with van der Waals surface area (Å²) in [5, 5.41) is 0.409. The molecule has 1 saturated heterocycles. The van der Waals surface area contributed by atoms with Crippen LogP contribution in [-0.4, -0.2) is 22.6 Å². The van der Waals surface area contributed by atoms with E-state index >= 15 is 0 Å². The number of nitrogens with zero attached hydrogens (tertiary/aromatic N) is 1. The van der Waals surface area contributed by atoms with Crippen LogP contribution in [0.4, 0.5) is 4.79 Å². The normalized spacial score (nSPS) is 16.8. The lowest BCUT2D eigenvalue weighted by Crippen LogP contribution is -2.27. The predicted molar refractivity (Wildman–Crippen MR) is 87.5 cm³/mol.